The van der Waals surface area contributed by atoms with E-state index in [2.05, 4.69) is 10.1 Å². The van der Waals surface area contributed by atoms with Gasteiger partial charge in [0, 0.05) is 11.8 Å². The number of fused-ring (bicyclic) bond motifs is 1. The van der Waals surface area contributed by atoms with Crippen LogP contribution in [0.3, 0.4) is 0 Å². The first kappa shape index (κ1) is 18.0. The highest BCUT2D eigenvalue weighted by atomic mass is 16.5. The van der Waals surface area contributed by atoms with E-state index in [9.17, 15) is 4.79 Å². The van der Waals surface area contributed by atoms with Crippen molar-refractivity contribution in [3.63, 3.8) is 0 Å². The fourth-order valence-corrected chi connectivity index (χ4v) is 3.66. The molecule has 0 spiro atoms. The first-order valence-corrected chi connectivity index (χ1v) is 9.05. The zero-order valence-electron chi connectivity index (χ0n) is 16.3. The first-order chi connectivity index (χ1) is 13.5. The van der Waals surface area contributed by atoms with E-state index in [1.54, 1.807) is 17.9 Å². The van der Waals surface area contributed by atoms with Gasteiger partial charge in [-0.25, -0.2) is 0 Å². The number of aryl methyl sites for hydroxylation is 3. The molecule has 3 aromatic heterocycles. The van der Waals surface area contributed by atoms with Crippen LogP contribution in [0.1, 0.15) is 22.7 Å². The van der Waals surface area contributed by atoms with Gasteiger partial charge in [0.15, 0.2) is 0 Å². The SMILES string of the molecule is COc1ccc2cc(C)c(=O)n(Cc3ccccn3)c2c1-c1c(C)noc1C. The minimum Gasteiger partial charge on any atom is -0.496 e. The average molecular weight is 375 g/mol. The third kappa shape index (κ3) is 2.87. The van der Waals surface area contributed by atoms with Crippen molar-refractivity contribution in [3.8, 4) is 16.9 Å². The number of rotatable bonds is 4. The lowest BCUT2D eigenvalue weighted by Crippen LogP contribution is -2.24. The van der Waals surface area contributed by atoms with Gasteiger partial charge >= 0.3 is 0 Å². The lowest BCUT2D eigenvalue weighted by molar-refractivity contribution is 0.393. The van der Waals surface area contributed by atoms with E-state index < -0.39 is 0 Å². The minimum absolute atomic E-state index is 0.0561. The quantitative estimate of drug-likeness (QED) is 0.538. The molecule has 4 rings (SSSR count). The maximum absolute atomic E-state index is 13.1. The lowest BCUT2D eigenvalue weighted by atomic mass is 9.98. The highest BCUT2D eigenvalue weighted by Crippen LogP contribution is 2.40. The molecule has 4 aromatic rings. The number of pyridine rings is 2. The van der Waals surface area contributed by atoms with Gasteiger partial charge in [0.05, 0.1) is 41.7 Å². The van der Waals surface area contributed by atoms with Crippen molar-refractivity contribution < 1.29 is 9.26 Å². The number of nitrogens with zero attached hydrogens (tertiary/aromatic N) is 3. The minimum atomic E-state index is -0.0561. The third-order valence-electron chi connectivity index (χ3n) is 4.94. The van der Waals surface area contributed by atoms with Crippen molar-refractivity contribution in [2.24, 2.45) is 0 Å². The zero-order valence-corrected chi connectivity index (χ0v) is 16.3. The van der Waals surface area contributed by atoms with Crippen molar-refractivity contribution in [2.75, 3.05) is 7.11 Å². The van der Waals surface area contributed by atoms with Crippen LogP contribution in [0.5, 0.6) is 5.75 Å². The van der Waals surface area contributed by atoms with Crippen LogP contribution in [0.15, 0.2) is 51.9 Å². The van der Waals surface area contributed by atoms with Gasteiger partial charge in [-0.2, -0.15) is 0 Å². The second-order valence-corrected chi connectivity index (χ2v) is 6.82. The number of hydrogen-bond acceptors (Lipinski definition) is 5. The van der Waals surface area contributed by atoms with E-state index in [0.29, 0.717) is 23.6 Å². The summed E-state index contributed by atoms with van der Waals surface area (Å²) in [6, 6.07) is 11.5. The number of hydrogen-bond donors (Lipinski definition) is 0. The van der Waals surface area contributed by atoms with Gasteiger partial charge in [-0.05, 0) is 56.5 Å². The molecule has 0 aliphatic rings. The molecular formula is C22H21N3O3. The molecule has 0 aliphatic heterocycles. The zero-order chi connectivity index (χ0) is 19.8. The summed E-state index contributed by atoms with van der Waals surface area (Å²) in [7, 11) is 1.62. The van der Waals surface area contributed by atoms with Gasteiger partial charge < -0.3 is 13.8 Å². The van der Waals surface area contributed by atoms with Gasteiger partial charge in [0.25, 0.3) is 5.56 Å². The van der Waals surface area contributed by atoms with Crippen LogP contribution < -0.4 is 10.3 Å². The summed E-state index contributed by atoms with van der Waals surface area (Å²) in [5, 5.41) is 5.05. The molecule has 0 atom stereocenters. The predicted molar refractivity (Wildman–Crippen MR) is 108 cm³/mol. The molecule has 0 saturated heterocycles. The topological polar surface area (TPSA) is 70.2 Å². The molecule has 3 heterocycles. The molecule has 0 saturated carbocycles. The summed E-state index contributed by atoms with van der Waals surface area (Å²) in [5.41, 5.74) is 4.63. The number of benzene rings is 1. The molecule has 0 bridgehead atoms. The van der Waals surface area contributed by atoms with Crippen molar-refractivity contribution in [2.45, 2.75) is 27.3 Å². The summed E-state index contributed by atoms with van der Waals surface area (Å²) in [5.74, 6) is 1.35. The van der Waals surface area contributed by atoms with Gasteiger partial charge in [0.1, 0.15) is 11.5 Å². The fraction of sp³-hybridized carbons (Fsp3) is 0.227. The highest BCUT2D eigenvalue weighted by molar-refractivity contribution is 5.98. The first-order valence-electron chi connectivity index (χ1n) is 9.05. The Hall–Kier alpha value is -3.41. The Labute approximate surface area is 162 Å². The van der Waals surface area contributed by atoms with Crippen LogP contribution >= 0.6 is 0 Å². The fourth-order valence-electron chi connectivity index (χ4n) is 3.66. The van der Waals surface area contributed by atoms with E-state index in [-0.39, 0.29) is 5.56 Å². The second-order valence-electron chi connectivity index (χ2n) is 6.82. The molecule has 0 radical (unpaired) electrons. The molecule has 6 nitrogen and oxygen atoms in total. The lowest BCUT2D eigenvalue weighted by Gasteiger charge is -2.18. The summed E-state index contributed by atoms with van der Waals surface area (Å²) in [6.07, 6.45) is 1.73. The van der Waals surface area contributed by atoms with Crippen LogP contribution in [0.25, 0.3) is 22.0 Å². The molecular weight excluding hydrogens is 354 g/mol. The Kier molecular flexibility index (Phi) is 4.47. The van der Waals surface area contributed by atoms with E-state index in [1.165, 1.54) is 0 Å². The smallest absolute Gasteiger partial charge is 0.254 e. The summed E-state index contributed by atoms with van der Waals surface area (Å²) in [4.78, 5) is 17.5. The molecule has 28 heavy (non-hydrogen) atoms. The standard InChI is InChI=1S/C22H21N3O3/c1-13-11-16-8-9-18(27-4)20(19-14(2)24-28-15(19)3)21(16)25(22(13)26)12-17-7-5-6-10-23-17/h5-11H,12H2,1-4H3. The van der Waals surface area contributed by atoms with Gasteiger partial charge in [0.2, 0.25) is 0 Å². The Morgan fingerprint density at radius 3 is 2.57 bits per heavy atom. The van der Waals surface area contributed by atoms with Crippen molar-refractivity contribution in [3.05, 3.63) is 75.7 Å². The van der Waals surface area contributed by atoms with Gasteiger partial charge in [-0.3, -0.25) is 9.78 Å². The third-order valence-corrected chi connectivity index (χ3v) is 4.94. The molecule has 0 fully saturated rings. The maximum Gasteiger partial charge on any atom is 0.254 e. The van der Waals surface area contributed by atoms with Crippen LogP contribution in [0.4, 0.5) is 0 Å². The molecule has 0 amide bonds. The Bertz CT molecular complexity index is 1200. The van der Waals surface area contributed by atoms with E-state index in [4.69, 9.17) is 9.26 Å². The van der Waals surface area contributed by atoms with Crippen LogP contribution in [-0.4, -0.2) is 21.8 Å². The molecule has 0 aliphatic carbocycles. The van der Waals surface area contributed by atoms with Crippen molar-refractivity contribution in [1.29, 1.82) is 0 Å². The van der Waals surface area contributed by atoms with Crippen molar-refractivity contribution in [1.82, 2.24) is 14.7 Å². The Morgan fingerprint density at radius 1 is 1.11 bits per heavy atom. The van der Waals surface area contributed by atoms with E-state index in [1.807, 2.05) is 57.2 Å². The van der Waals surface area contributed by atoms with E-state index >= 15 is 0 Å². The molecule has 0 unspecified atom stereocenters. The summed E-state index contributed by atoms with van der Waals surface area (Å²) in [6.45, 7) is 5.94. The van der Waals surface area contributed by atoms with Crippen molar-refractivity contribution >= 4 is 10.9 Å². The molecule has 6 heteroatoms. The Balaban J connectivity index is 2.13. The summed E-state index contributed by atoms with van der Waals surface area (Å²) >= 11 is 0. The highest BCUT2D eigenvalue weighted by Gasteiger charge is 2.22. The molecule has 0 N–H and O–H groups in total. The van der Waals surface area contributed by atoms with Crippen LogP contribution in [0.2, 0.25) is 0 Å². The maximum atomic E-state index is 13.1. The van der Waals surface area contributed by atoms with Gasteiger partial charge in [-0.1, -0.05) is 11.2 Å². The summed E-state index contributed by atoms with van der Waals surface area (Å²) < 4.78 is 12.8. The largest absolute Gasteiger partial charge is 0.496 e. The normalized spacial score (nSPS) is 11.1. The number of ether oxygens (including phenoxy) is 1. The molecule has 1 aromatic carbocycles. The molecule has 142 valence electrons. The predicted octanol–water partition coefficient (Wildman–Crippen LogP) is 4.03. The van der Waals surface area contributed by atoms with Crippen LogP contribution in [0, 0.1) is 20.8 Å². The number of methoxy groups -OCH3 is 1. The number of aromatic nitrogens is 3. The second kappa shape index (κ2) is 6.96. The van der Waals surface area contributed by atoms with E-state index in [0.717, 1.165) is 33.4 Å². The van der Waals surface area contributed by atoms with Gasteiger partial charge in [-0.15, -0.1) is 0 Å². The average Bonchev–Trinajstić information content (AvgIpc) is 3.03. The monoisotopic (exact) mass is 375 g/mol. The Morgan fingerprint density at radius 2 is 1.93 bits per heavy atom. The van der Waals surface area contributed by atoms with Crippen LogP contribution in [-0.2, 0) is 6.54 Å².